The first-order valence-electron chi connectivity index (χ1n) is 9.58. The highest BCUT2D eigenvalue weighted by Gasteiger charge is 2.39. The molecule has 1 aliphatic heterocycles. The molecule has 142 valence electrons. The van der Waals surface area contributed by atoms with Gasteiger partial charge in [0.2, 0.25) is 5.95 Å². The van der Waals surface area contributed by atoms with E-state index in [2.05, 4.69) is 26.5 Å². The second-order valence-electron chi connectivity index (χ2n) is 7.78. The second-order valence-corrected chi connectivity index (χ2v) is 7.78. The van der Waals surface area contributed by atoms with Gasteiger partial charge in [0.25, 0.3) is 5.56 Å². The predicted molar refractivity (Wildman–Crippen MR) is 105 cm³/mol. The fraction of sp³-hybridized carbons (Fsp3) is 0.550. The van der Waals surface area contributed by atoms with Gasteiger partial charge in [-0.1, -0.05) is 5.92 Å². The van der Waals surface area contributed by atoms with Gasteiger partial charge >= 0.3 is 0 Å². The highest BCUT2D eigenvalue weighted by Crippen LogP contribution is 2.39. The fourth-order valence-corrected chi connectivity index (χ4v) is 4.27. The second kappa shape index (κ2) is 6.95. The summed E-state index contributed by atoms with van der Waals surface area (Å²) >= 11 is 0. The number of pyridine rings is 1. The molecular weight excluding hydrogens is 342 g/mol. The van der Waals surface area contributed by atoms with Crippen LogP contribution in [0.4, 0.5) is 5.95 Å². The number of piperidine rings is 1. The molecule has 7 heteroatoms. The molecular formula is C20H25N5O2. The van der Waals surface area contributed by atoms with Gasteiger partial charge in [0.1, 0.15) is 5.65 Å². The molecule has 0 aromatic carbocycles. The Balaban J connectivity index is 1.82. The Morgan fingerprint density at radius 3 is 2.85 bits per heavy atom. The predicted octanol–water partition coefficient (Wildman–Crippen LogP) is 1.41. The number of rotatable bonds is 3. The van der Waals surface area contributed by atoms with E-state index in [1.54, 1.807) is 23.8 Å². The minimum atomic E-state index is -0.961. The maximum Gasteiger partial charge on any atom is 0.268 e. The Bertz CT molecular complexity index is 953. The number of nitrogens with one attached hydrogen (secondary N) is 2. The molecule has 2 aliphatic rings. The van der Waals surface area contributed by atoms with Crippen molar-refractivity contribution in [2.45, 2.75) is 56.7 Å². The van der Waals surface area contributed by atoms with Crippen LogP contribution in [0.5, 0.6) is 0 Å². The van der Waals surface area contributed by atoms with Crippen molar-refractivity contribution in [2.75, 3.05) is 18.4 Å². The van der Waals surface area contributed by atoms with Crippen LogP contribution in [0.15, 0.2) is 17.1 Å². The van der Waals surface area contributed by atoms with Crippen LogP contribution < -0.4 is 16.2 Å². The SMILES string of the molecule is C#Cc1cc2cnc(NC3CCNCC3)nc2n([C@@H]2CCC[C@@]2(C)O)c1=O. The van der Waals surface area contributed by atoms with Gasteiger partial charge in [0.15, 0.2) is 0 Å². The molecule has 0 spiro atoms. The normalized spacial score (nSPS) is 26.2. The molecule has 0 amide bonds. The summed E-state index contributed by atoms with van der Waals surface area (Å²) in [6.45, 7) is 3.71. The topological polar surface area (TPSA) is 92.1 Å². The number of hydrogen-bond donors (Lipinski definition) is 3. The number of aliphatic hydroxyl groups is 1. The molecule has 2 aromatic rings. The lowest BCUT2D eigenvalue weighted by Crippen LogP contribution is -2.38. The molecule has 7 nitrogen and oxygen atoms in total. The maximum absolute atomic E-state index is 13.0. The number of terminal acetylenes is 1. The molecule has 0 unspecified atom stereocenters. The molecule has 1 saturated heterocycles. The summed E-state index contributed by atoms with van der Waals surface area (Å²) < 4.78 is 1.59. The zero-order valence-corrected chi connectivity index (χ0v) is 15.5. The molecule has 2 aromatic heterocycles. The molecule has 4 rings (SSSR count). The van der Waals surface area contributed by atoms with Gasteiger partial charge in [0.05, 0.1) is 17.2 Å². The zero-order valence-electron chi connectivity index (χ0n) is 15.5. The van der Waals surface area contributed by atoms with E-state index in [9.17, 15) is 9.90 Å². The van der Waals surface area contributed by atoms with Crippen molar-refractivity contribution in [3.05, 3.63) is 28.2 Å². The summed E-state index contributed by atoms with van der Waals surface area (Å²) in [4.78, 5) is 22.1. The van der Waals surface area contributed by atoms with Crippen molar-refractivity contribution in [1.29, 1.82) is 0 Å². The molecule has 1 saturated carbocycles. The standard InChI is InChI=1S/C20H25N5O2/c1-3-13-11-14-12-22-19(23-15-6-9-21-10-7-15)24-17(14)25(18(13)26)16-5-4-8-20(16,2)27/h1,11-12,15-16,21,27H,4-10H2,2H3,(H,22,23,24)/t16-,20-/m1/s1. The van der Waals surface area contributed by atoms with Gasteiger partial charge in [-0.05, 0) is 58.2 Å². The number of fused-ring (bicyclic) bond motifs is 1. The quantitative estimate of drug-likeness (QED) is 0.711. The van der Waals surface area contributed by atoms with Crippen LogP contribution >= 0.6 is 0 Å². The summed E-state index contributed by atoms with van der Waals surface area (Å²) in [5.41, 5.74) is -0.438. The molecule has 27 heavy (non-hydrogen) atoms. The summed E-state index contributed by atoms with van der Waals surface area (Å²) in [7, 11) is 0. The van der Waals surface area contributed by atoms with Crippen molar-refractivity contribution in [1.82, 2.24) is 19.9 Å². The van der Waals surface area contributed by atoms with Crippen LogP contribution in [0.2, 0.25) is 0 Å². The number of anilines is 1. The highest BCUT2D eigenvalue weighted by molar-refractivity contribution is 5.77. The van der Waals surface area contributed by atoms with Crippen LogP contribution in [0, 0.1) is 12.3 Å². The van der Waals surface area contributed by atoms with Crippen molar-refractivity contribution < 1.29 is 5.11 Å². The van der Waals surface area contributed by atoms with E-state index < -0.39 is 5.60 Å². The molecule has 2 atom stereocenters. The van der Waals surface area contributed by atoms with Gasteiger partial charge in [-0.2, -0.15) is 4.98 Å². The van der Waals surface area contributed by atoms with Crippen molar-refractivity contribution in [2.24, 2.45) is 0 Å². The molecule has 3 heterocycles. The van der Waals surface area contributed by atoms with E-state index in [1.807, 2.05) is 0 Å². The van der Waals surface area contributed by atoms with E-state index in [0.717, 1.165) is 38.8 Å². The molecule has 1 aliphatic carbocycles. The van der Waals surface area contributed by atoms with Crippen LogP contribution in [0.1, 0.15) is 50.6 Å². The van der Waals surface area contributed by atoms with Gasteiger partial charge < -0.3 is 15.7 Å². The lowest BCUT2D eigenvalue weighted by atomic mass is 9.99. The van der Waals surface area contributed by atoms with Crippen molar-refractivity contribution in [3.8, 4) is 12.3 Å². The van der Waals surface area contributed by atoms with E-state index in [4.69, 9.17) is 6.42 Å². The van der Waals surface area contributed by atoms with Gasteiger partial charge in [-0.15, -0.1) is 6.42 Å². The molecule has 0 bridgehead atoms. The first-order valence-corrected chi connectivity index (χ1v) is 9.58. The van der Waals surface area contributed by atoms with Gasteiger partial charge in [-0.3, -0.25) is 9.36 Å². The van der Waals surface area contributed by atoms with E-state index in [0.29, 0.717) is 29.4 Å². The van der Waals surface area contributed by atoms with Crippen LogP contribution in [-0.4, -0.2) is 44.4 Å². The first kappa shape index (κ1) is 18.0. The minimum Gasteiger partial charge on any atom is -0.388 e. The Labute approximate surface area is 158 Å². The smallest absolute Gasteiger partial charge is 0.268 e. The average Bonchev–Trinajstić information content (AvgIpc) is 3.01. The van der Waals surface area contributed by atoms with Crippen LogP contribution in [0.3, 0.4) is 0 Å². The Morgan fingerprint density at radius 1 is 1.41 bits per heavy atom. The first-order chi connectivity index (χ1) is 13.0. The third-order valence-electron chi connectivity index (χ3n) is 5.79. The largest absolute Gasteiger partial charge is 0.388 e. The average molecular weight is 367 g/mol. The minimum absolute atomic E-state index is 0.271. The summed E-state index contributed by atoms with van der Waals surface area (Å²) in [5.74, 6) is 2.97. The Hall–Kier alpha value is -2.43. The third-order valence-corrected chi connectivity index (χ3v) is 5.79. The third kappa shape index (κ3) is 3.31. The lowest BCUT2D eigenvalue weighted by Gasteiger charge is -2.28. The number of aromatic nitrogens is 3. The van der Waals surface area contributed by atoms with Gasteiger partial charge in [0, 0.05) is 17.6 Å². The maximum atomic E-state index is 13.0. The van der Waals surface area contributed by atoms with Crippen LogP contribution in [-0.2, 0) is 0 Å². The lowest BCUT2D eigenvalue weighted by molar-refractivity contribution is 0.0266. The van der Waals surface area contributed by atoms with Crippen molar-refractivity contribution >= 4 is 17.0 Å². The fourth-order valence-electron chi connectivity index (χ4n) is 4.27. The molecule has 2 fully saturated rings. The Kier molecular flexibility index (Phi) is 4.62. The van der Waals surface area contributed by atoms with E-state index in [-0.39, 0.29) is 17.2 Å². The van der Waals surface area contributed by atoms with Gasteiger partial charge in [-0.25, -0.2) is 4.98 Å². The summed E-state index contributed by atoms with van der Waals surface area (Å²) in [6, 6.07) is 1.62. The molecule has 0 radical (unpaired) electrons. The zero-order chi connectivity index (χ0) is 19.0. The highest BCUT2D eigenvalue weighted by atomic mass is 16.3. The van der Waals surface area contributed by atoms with Crippen LogP contribution in [0.25, 0.3) is 11.0 Å². The van der Waals surface area contributed by atoms with Crippen molar-refractivity contribution in [3.63, 3.8) is 0 Å². The van der Waals surface area contributed by atoms with E-state index in [1.165, 1.54) is 0 Å². The number of nitrogens with zero attached hydrogens (tertiary/aromatic N) is 3. The summed E-state index contributed by atoms with van der Waals surface area (Å²) in [6.07, 6.45) is 11.5. The molecule has 3 N–H and O–H groups in total. The number of hydrogen-bond acceptors (Lipinski definition) is 6. The van der Waals surface area contributed by atoms with E-state index >= 15 is 0 Å². The monoisotopic (exact) mass is 367 g/mol. The Morgan fingerprint density at radius 2 is 2.19 bits per heavy atom. The summed E-state index contributed by atoms with van der Waals surface area (Å²) in [5, 5.41) is 18.2.